The number of fused-ring (bicyclic) bond motifs is 2. The molecule has 3 heterocycles. The van der Waals surface area contributed by atoms with E-state index in [4.69, 9.17) is 4.74 Å². The molecule has 2 atom stereocenters. The number of ether oxygens (including phenoxy) is 1. The Kier molecular flexibility index (Phi) is 5.03. The van der Waals surface area contributed by atoms with Crippen LogP contribution in [0, 0.1) is 0 Å². The number of rotatable bonds is 5. The van der Waals surface area contributed by atoms with Gasteiger partial charge >= 0.3 is 0 Å². The van der Waals surface area contributed by atoms with Crippen LogP contribution < -0.4 is 15.6 Å². The summed E-state index contributed by atoms with van der Waals surface area (Å²) < 4.78 is 7.19. The van der Waals surface area contributed by atoms with Gasteiger partial charge in [-0.25, -0.2) is 4.98 Å². The van der Waals surface area contributed by atoms with Crippen molar-refractivity contribution in [2.75, 3.05) is 6.61 Å². The predicted octanol–water partition coefficient (Wildman–Crippen LogP) is 3.64. The first-order valence-corrected chi connectivity index (χ1v) is 11.0. The lowest BCUT2D eigenvalue weighted by Gasteiger charge is -2.19. The van der Waals surface area contributed by atoms with Crippen LogP contribution in [0.15, 0.2) is 71.8 Å². The molecule has 1 aliphatic heterocycles. The summed E-state index contributed by atoms with van der Waals surface area (Å²) in [5.41, 5.74) is 1.92. The Balaban J connectivity index is 1.37. The third-order valence-corrected chi connectivity index (χ3v) is 6.62. The van der Waals surface area contributed by atoms with E-state index in [1.807, 2.05) is 61.5 Å². The van der Waals surface area contributed by atoms with E-state index in [0.717, 1.165) is 21.8 Å². The second-order valence-electron chi connectivity index (χ2n) is 7.71. The standard InChI is InChI=1S/C24H21N3O3S/c1-15(20-14-30-21-10-6-5-9-18(20)21)26-22(28)19-12-25-24-27(23(19)29)13-17(31-24)11-16-7-3-2-4-8-16/h2-10,12-13,15,20H,11,14H2,1H3,(H,26,28). The van der Waals surface area contributed by atoms with Gasteiger partial charge in [0.15, 0.2) is 4.96 Å². The SMILES string of the molecule is CC(NC(=O)c1cnc2sc(Cc3ccccc3)cn2c1=O)C1COc2ccccc21. The van der Waals surface area contributed by atoms with Crippen LogP contribution >= 0.6 is 11.3 Å². The first-order chi connectivity index (χ1) is 15.1. The lowest BCUT2D eigenvalue weighted by molar-refractivity contribution is 0.0930. The molecular formula is C24H21N3O3S. The number of hydrogen-bond acceptors (Lipinski definition) is 5. The Morgan fingerprint density at radius 1 is 1.23 bits per heavy atom. The molecule has 1 N–H and O–H groups in total. The van der Waals surface area contributed by atoms with Crippen LogP contribution in [0.1, 0.15) is 39.2 Å². The monoisotopic (exact) mass is 431 g/mol. The molecule has 4 aromatic rings. The van der Waals surface area contributed by atoms with Gasteiger partial charge in [0, 0.05) is 41.2 Å². The summed E-state index contributed by atoms with van der Waals surface area (Å²) >= 11 is 1.46. The van der Waals surface area contributed by atoms with E-state index in [2.05, 4.69) is 10.3 Å². The topological polar surface area (TPSA) is 72.7 Å². The Bertz CT molecular complexity index is 1310. The highest BCUT2D eigenvalue weighted by Crippen LogP contribution is 2.35. The molecule has 2 aromatic heterocycles. The number of amides is 1. The van der Waals surface area contributed by atoms with Crippen molar-refractivity contribution in [2.45, 2.75) is 25.3 Å². The van der Waals surface area contributed by atoms with Crippen molar-refractivity contribution in [2.24, 2.45) is 0 Å². The van der Waals surface area contributed by atoms with E-state index >= 15 is 0 Å². The number of aromatic nitrogens is 2. The van der Waals surface area contributed by atoms with Crippen LogP contribution in [0.3, 0.4) is 0 Å². The van der Waals surface area contributed by atoms with Gasteiger partial charge in [-0.2, -0.15) is 0 Å². The van der Waals surface area contributed by atoms with E-state index < -0.39 is 5.91 Å². The molecule has 0 radical (unpaired) electrons. The van der Waals surface area contributed by atoms with Crippen molar-refractivity contribution < 1.29 is 9.53 Å². The Morgan fingerprint density at radius 2 is 2.00 bits per heavy atom. The Labute approximate surface area is 183 Å². The molecule has 1 amide bonds. The number of hydrogen-bond donors (Lipinski definition) is 1. The minimum absolute atomic E-state index is 0.0400. The minimum atomic E-state index is -0.417. The molecule has 2 aromatic carbocycles. The number of nitrogens with one attached hydrogen (secondary N) is 1. The van der Waals surface area contributed by atoms with E-state index in [1.54, 1.807) is 6.20 Å². The largest absolute Gasteiger partial charge is 0.493 e. The molecule has 0 spiro atoms. The van der Waals surface area contributed by atoms with Crippen LogP contribution in [-0.4, -0.2) is 27.9 Å². The lowest BCUT2D eigenvalue weighted by Crippen LogP contribution is -2.40. The third kappa shape index (κ3) is 3.72. The number of carbonyl (C=O) groups excluding carboxylic acids is 1. The van der Waals surface area contributed by atoms with E-state index in [1.165, 1.54) is 21.9 Å². The summed E-state index contributed by atoms with van der Waals surface area (Å²) in [6.07, 6.45) is 3.87. The molecule has 0 bridgehead atoms. The highest BCUT2D eigenvalue weighted by molar-refractivity contribution is 7.17. The number of carbonyl (C=O) groups is 1. The predicted molar refractivity (Wildman–Crippen MR) is 120 cm³/mol. The summed E-state index contributed by atoms with van der Waals surface area (Å²) in [6.45, 7) is 2.44. The minimum Gasteiger partial charge on any atom is -0.493 e. The van der Waals surface area contributed by atoms with Gasteiger partial charge in [0.05, 0.1) is 6.61 Å². The average Bonchev–Trinajstić information content (AvgIpc) is 3.39. The summed E-state index contributed by atoms with van der Waals surface area (Å²) in [5, 5.41) is 2.96. The van der Waals surface area contributed by atoms with Crippen molar-refractivity contribution in [3.63, 3.8) is 0 Å². The zero-order valence-electron chi connectivity index (χ0n) is 16.9. The van der Waals surface area contributed by atoms with Crippen molar-refractivity contribution in [3.05, 3.63) is 98.9 Å². The molecule has 0 fully saturated rings. The van der Waals surface area contributed by atoms with Crippen molar-refractivity contribution in [1.29, 1.82) is 0 Å². The van der Waals surface area contributed by atoms with Crippen LogP contribution in [-0.2, 0) is 6.42 Å². The molecular weight excluding hydrogens is 410 g/mol. The maximum Gasteiger partial charge on any atom is 0.271 e. The van der Waals surface area contributed by atoms with Crippen molar-refractivity contribution >= 4 is 22.2 Å². The number of nitrogens with zero attached hydrogens (tertiary/aromatic N) is 2. The van der Waals surface area contributed by atoms with Crippen molar-refractivity contribution in [3.8, 4) is 5.75 Å². The zero-order valence-corrected chi connectivity index (χ0v) is 17.8. The maximum absolute atomic E-state index is 13.0. The molecule has 0 aliphatic carbocycles. The van der Waals surface area contributed by atoms with Gasteiger partial charge in [0.25, 0.3) is 11.5 Å². The van der Waals surface area contributed by atoms with E-state index in [-0.39, 0.29) is 23.1 Å². The lowest BCUT2D eigenvalue weighted by atomic mass is 9.94. The second kappa shape index (κ2) is 8.00. The second-order valence-corrected chi connectivity index (χ2v) is 8.80. The van der Waals surface area contributed by atoms with Crippen molar-refractivity contribution in [1.82, 2.24) is 14.7 Å². The fraction of sp³-hybridized carbons (Fsp3) is 0.208. The van der Waals surface area contributed by atoms with Gasteiger partial charge in [0.2, 0.25) is 0 Å². The van der Waals surface area contributed by atoms with Crippen LogP contribution in [0.25, 0.3) is 4.96 Å². The number of para-hydroxylation sites is 1. The highest BCUT2D eigenvalue weighted by Gasteiger charge is 2.30. The molecule has 156 valence electrons. The quantitative estimate of drug-likeness (QED) is 0.524. The smallest absolute Gasteiger partial charge is 0.271 e. The van der Waals surface area contributed by atoms with Gasteiger partial charge in [-0.3, -0.25) is 14.0 Å². The molecule has 1 aliphatic rings. The maximum atomic E-state index is 13.0. The van der Waals surface area contributed by atoms with Gasteiger partial charge in [0.1, 0.15) is 11.3 Å². The average molecular weight is 432 g/mol. The first-order valence-electron chi connectivity index (χ1n) is 10.2. The zero-order chi connectivity index (χ0) is 21.4. The highest BCUT2D eigenvalue weighted by atomic mass is 32.1. The fourth-order valence-electron chi connectivity index (χ4n) is 3.95. The third-order valence-electron chi connectivity index (χ3n) is 5.62. The summed E-state index contributed by atoms with van der Waals surface area (Å²) in [4.78, 5) is 31.8. The number of benzene rings is 2. The summed E-state index contributed by atoms with van der Waals surface area (Å²) in [6, 6.07) is 17.7. The van der Waals surface area contributed by atoms with Gasteiger partial charge < -0.3 is 10.1 Å². The summed E-state index contributed by atoms with van der Waals surface area (Å²) in [5.74, 6) is 0.471. The first kappa shape index (κ1) is 19.5. The van der Waals surface area contributed by atoms with Crippen LogP contribution in [0.2, 0.25) is 0 Å². The van der Waals surface area contributed by atoms with E-state index in [9.17, 15) is 9.59 Å². The van der Waals surface area contributed by atoms with Gasteiger partial charge in [-0.1, -0.05) is 48.5 Å². The molecule has 5 rings (SSSR count). The normalized spacial score (nSPS) is 16.0. The Hall–Kier alpha value is -3.45. The molecule has 0 saturated carbocycles. The van der Waals surface area contributed by atoms with Crippen LogP contribution in [0.5, 0.6) is 5.75 Å². The fourth-order valence-corrected chi connectivity index (χ4v) is 4.92. The molecule has 0 saturated heterocycles. The molecule has 31 heavy (non-hydrogen) atoms. The molecule has 2 unspecified atom stereocenters. The summed E-state index contributed by atoms with van der Waals surface area (Å²) in [7, 11) is 0. The molecule has 7 heteroatoms. The van der Waals surface area contributed by atoms with Gasteiger partial charge in [-0.05, 0) is 18.6 Å². The van der Waals surface area contributed by atoms with Crippen LogP contribution in [0.4, 0.5) is 0 Å². The van der Waals surface area contributed by atoms with Gasteiger partial charge in [-0.15, -0.1) is 11.3 Å². The number of thiazole rings is 1. The Morgan fingerprint density at radius 3 is 2.84 bits per heavy atom. The van der Waals surface area contributed by atoms with E-state index in [0.29, 0.717) is 18.0 Å². The molecule has 6 nitrogen and oxygen atoms in total.